The third kappa shape index (κ3) is 4.17. The molecule has 1 rings (SSSR count). The standard InChI is InChI=1S/C13H21ClN2O3S/c1-13(2,16(3)4)9-15-20(18,19)11-5-6-12(14)10(7-11)8-17/h5-7,15,17H,8-9H2,1-4H3. The number of aliphatic hydroxyl groups excluding tert-OH is 1. The van der Waals surface area contributed by atoms with E-state index in [1.807, 2.05) is 32.8 Å². The molecule has 0 radical (unpaired) electrons. The number of aliphatic hydroxyl groups is 1. The van der Waals surface area contributed by atoms with Crippen LogP contribution >= 0.6 is 11.6 Å². The fourth-order valence-electron chi connectivity index (χ4n) is 1.35. The minimum absolute atomic E-state index is 0.0977. The van der Waals surface area contributed by atoms with Crippen LogP contribution in [-0.2, 0) is 16.6 Å². The Morgan fingerprint density at radius 2 is 1.95 bits per heavy atom. The third-order valence-corrected chi connectivity index (χ3v) is 5.17. The van der Waals surface area contributed by atoms with Gasteiger partial charge in [0.2, 0.25) is 10.0 Å². The molecule has 0 saturated carbocycles. The van der Waals surface area contributed by atoms with Gasteiger partial charge < -0.3 is 10.0 Å². The van der Waals surface area contributed by atoms with Gasteiger partial charge in [-0.05, 0) is 51.7 Å². The Morgan fingerprint density at radius 1 is 1.35 bits per heavy atom. The number of hydrogen-bond acceptors (Lipinski definition) is 4. The number of rotatable bonds is 6. The van der Waals surface area contributed by atoms with Gasteiger partial charge in [0.15, 0.2) is 0 Å². The van der Waals surface area contributed by atoms with Crippen molar-refractivity contribution in [1.29, 1.82) is 0 Å². The Kier molecular flexibility index (Phi) is 5.57. The summed E-state index contributed by atoms with van der Waals surface area (Å²) in [6.45, 7) is 3.86. The van der Waals surface area contributed by atoms with Gasteiger partial charge >= 0.3 is 0 Å². The van der Waals surface area contributed by atoms with Crippen molar-refractivity contribution in [1.82, 2.24) is 9.62 Å². The zero-order chi connectivity index (χ0) is 15.6. The summed E-state index contributed by atoms with van der Waals surface area (Å²) in [5.41, 5.74) is 0.0839. The summed E-state index contributed by atoms with van der Waals surface area (Å²) >= 11 is 5.86. The topological polar surface area (TPSA) is 69.6 Å². The molecule has 0 saturated heterocycles. The van der Waals surface area contributed by atoms with Crippen LogP contribution in [0.5, 0.6) is 0 Å². The molecule has 5 nitrogen and oxygen atoms in total. The number of nitrogens with zero attached hydrogens (tertiary/aromatic N) is 1. The minimum atomic E-state index is -3.62. The summed E-state index contributed by atoms with van der Waals surface area (Å²) in [5.74, 6) is 0. The molecule has 2 N–H and O–H groups in total. The second kappa shape index (κ2) is 6.41. The van der Waals surface area contributed by atoms with Crippen LogP contribution < -0.4 is 4.72 Å². The number of likely N-dealkylation sites (N-methyl/N-ethyl adjacent to an activating group) is 1. The van der Waals surface area contributed by atoms with Crippen molar-refractivity contribution in [2.75, 3.05) is 20.6 Å². The average molecular weight is 321 g/mol. The van der Waals surface area contributed by atoms with Crippen molar-refractivity contribution in [3.8, 4) is 0 Å². The molecule has 1 aromatic rings. The van der Waals surface area contributed by atoms with E-state index in [-0.39, 0.29) is 23.6 Å². The van der Waals surface area contributed by atoms with Gasteiger partial charge in [-0.2, -0.15) is 0 Å². The zero-order valence-corrected chi connectivity index (χ0v) is 13.7. The van der Waals surface area contributed by atoms with E-state index in [9.17, 15) is 8.42 Å². The molecular weight excluding hydrogens is 300 g/mol. The monoisotopic (exact) mass is 320 g/mol. The quantitative estimate of drug-likeness (QED) is 0.832. The van der Waals surface area contributed by atoms with Crippen LogP contribution in [0.4, 0.5) is 0 Å². The summed E-state index contributed by atoms with van der Waals surface area (Å²) in [6, 6.07) is 4.28. The molecule has 0 unspecified atom stereocenters. The predicted octanol–water partition coefficient (Wildman–Crippen LogP) is 1.45. The summed E-state index contributed by atoms with van der Waals surface area (Å²) in [6.07, 6.45) is 0. The fourth-order valence-corrected chi connectivity index (χ4v) is 2.78. The van der Waals surface area contributed by atoms with Gasteiger partial charge in [0, 0.05) is 17.1 Å². The SMILES string of the molecule is CN(C)C(C)(C)CNS(=O)(=O)c1ccc(Cl)c(CO)c1. The average Bonchev–Trinajstić information content (AvgIpc) is 2.37. The number of nitrogens with one attached hydrogen (secondary N) is 1. The maximum Gasteiger partial charge on any atom is 0.240 e. The highest BCUT2D eigenvalue weighted by Gasteiger charge is 2.24. The molecular formula is C13H21ClN2O3S. The van der Waals surface area contributed by atoms with E-state index in [2.05, 4.69) is 4.72 Å². The van der Waals surface area contributed by atoms with Gasteiger partial charge in [0.25, 0.3) is 0 Å². The molecule has 0 heterocycles. The first-order valence-electron chi connectivity index (χ1n) is 6.16. The molecule has 0 atom stereocenters. The molecule has 0 aromatic heterocycles. The van der Waals surface area contributed by atoms with E-state index in [0.717, 1.165) is 0 Å². The van der Waals surface area contributed by atoms with Crippen LogP contribution in [0.15, 0.2) is 23.1 Å². The Morgan fingerprint density at radius 3 is 2.45 bits per heavy atom. The summed E-state index contributed by atoms with van der Waals surface area (Å²) in [4.78, 5) is 2.04. The summed E-state index contributed by atoms with van der Waals surface area (Å²) in [5, 5.41) is 9.48. The van der Waals surface area contributed by atoms with Gasteiger partial charge in [0.1, 0.15) is 0 Å². The zero-order valence-electron chi connectivity index (χ0n) is 12.1. The minimum Gasteiger partial charge on any atom is -0.392 e. The van der Waals surface area contributed by atoms with E-state index >= 15 is 0 Å². The molecule has 0 aliphatic carbocycles. The lowest BCUT2D eigenvalue weighted by Crippen LogP contribution is -2.48. The van der Waals surface area contributed by atoms with Crippen molar-refractivity contribution < 1.29 is 13.5 Å². The second-order valence-corrected chi connectivity index (χ2v) is 7.62. The molecule has 0 aliphatic rings. The smallest absolute Gasteiger partial charge is 0.240 e. The summed E-state index contributed by atoms with van der Waals surface area (Å²) in [7, 11) is 0.156. The molecule has 0 amide bonds. The van der Waals surface area contributed by atoms with Gasteiger partial charge in [-0.1, -0.05) is 11.6 Å². The van der Waals surface area contributed by atoms with E-state index in [1.54, 1.807) is 0 Å². The highest BCUT2D eigenvalue weighted by Crippen LogP contribution is 2.20. The van der Waals surface area contributed by atoms with Gasteiger partial charge in [0.05, 0.1) is 11.5 Å². The van der Waals surface area contributed by atoms with Crippen molar-refractivity contribution >= 4 is 21.6 Å². The Bertz CT molecular complexity index is 571. The summed E-state index contributed by atoms with van der Waals surface area (Å²) < 4.78 is 27.0. The van der Waals surface area contributed by atoms with Gasteiger partial charge in [-0.3, -0.25) is 0 Å². The normalized spacial score (nSPS) is 12.9. The predicted molar refractivity (Wildman–Crippen MR) is 80.3 cm³/mol. The van der Waals surface area contributed by atoms with E-state index in [4.69, 9.17) is 16.7 Å². The van der Waals surface area contributed by atoms with Crippen LogP contribution in [0.3, 0.4) is 0 Å². The molecule has 0 spiro atoms. The van der Waals surface area contributed by atoms with Crippen LogP contribution in [0, 0.1) is 0 Å². The van der Waals surface area contributed by atoms with Gasteiger partial charge in [-0.25, -0.2) is 13.1 Å². The Balaban J connectivity index is 2.95. The lowest BCUT2D eigenvalue weighted by atomic mass is 10.1. The van der Waals surface area contributed by atoms with Crippen LogP contribution in [-0.4, -0.2) is 44.6 Å². The number of sulfonamides is 1. The van der Waals surface area contributed by atoms with Crippen molar-refractivity contribution in [3.63, 3.8) is 0 Å². The third-order valence-electron chi connectivity index (χ3n) is 3.40. The largest absolute Gasteiger partial charge is 0.392 e. The second-order valence-electron chi connectivity index (χ2n) is 5.44. The molecule has 7 heteroatoms. The van der Waals surface area contributed by atoms with E-state index in [1.165, 1.54) is 18.2 Å². The van der Waals surface area contributed by atoms with Crippen LogP contribution in [0.2, 0.25) is 5.02 Å². The molecule has 1 aromatic carbocycles. The number of halogens is 1. The first-order chi connectivity index (χ1) is 9.10. The highest BCUT2D eigenvalue weighted by atomic mass is 35.5. The van der Waals surface area contributed by atoms with Crippen molar-refractivity contribution in [3.05, 3.63) is 28.8 Å². The first kappa shape index (κ1) is 17.4. The molecule has 20 heavy (non-hydrogen) atoms. The van der Waals surface area contributed by atoms with E-state index in [0.29, 0.717) is 10.6 Å². The lowest BCUT2D eigenvalue weighted by Gasteiger charge is -2.32. The Hall–Kier alpha value is -0.660. The van der Waals surface area contributed by atoms with E-state index < -0.39 is 10.0 Å². The Labute approximate surface area is 125 Å². The molecule has 0 fully saturated rings. The van der Waals surface area contributed by atoms with Gasteiger partial charge in [-0.15, -0.1) is 0 Å². The lowest BCUT2D eigenvalue weighted by molar-refractivity contribution is 0.199. The van der Waals surface area contributed by atoms with Crippen molar-refractivity contribution in [2.45, 2.75) is 30.9 Å². The highest BCUT2D eigenvalue weighted by molar-refractivity contribution is 7.89. The number of benzene rings is 1. The fraction of sp³-hybridized carbons (Fsp3) is 0.538. The molecule has 0 aliphatic heterocycles. The first-order valence-corrected chi connectivity index (χ1v) is 8.02. The molecule has 0 bridgehead atoms. The van der Waals surface area contributed by atoms with Crippen LogP contribution in [0.1, 0.15) is 19.4 Å². The molecule has 114 valence electrons. The van der Waals surface area contributed by atoms with Crippen LogP contribution in [0.25, 0.3) is 0 Å². The number of hydrogen-bond donors (Lipinski definition) is 2. The maximum absolute atomic E-state index is 12.2. The maximum atomic E-state index is 12.2. The van der Waals surface area contributed by atoms with Crippen molar-refractivity contribution in [2.24, 2.45) is 0 Å².